The van der Waals surface area contributed by atoms with Crippen LogP contribution in [0, 0.1) is 17.8 Å². The Morgan fingerprint density at radius 2 is 1.80 bits per heavy atom. The van der Waals surface area contributed by atoms with E-state index in [1.165, 1.54) is 0 Å². The molecule has 0 radical (unpaired) electrons. The van der Waals surface area contributed by atoms with Crippen LogP contribution in [-0.2, 0) is 19.6 Å². The third kappa shape index (κ3) is 5.09. The van der Waals surface area contributed by atoms with Crippen LogP contribution >= 0.6 is 0 Å². The molecule has 7 nitrogen and oxygen atoms in total. The average Bonchev–Trinajstić information content (AvgIpc) is 2.77. The molecular weight excluding hydrogens is 284 g/mol. The largest absolute Gasteiger partial charge is 0.481 e. The molecule has 8 heteroatoms. The summed E-state index contributed by atoms with van der Waals surface area (Å²) in [5.41, 5.74) is 0. The average molecular weight is 306 g/mol. The molecule has 0 spiro atoms. The van der Waals surface area contributed by atoms with Crippen LogP contribution < -0.4 is 10.0 Å². The third-order valence-corrected chi connectivity index (χ3v) is 4.41. The van der Waals surface area contributed by atoms with Crippen LogP contribution in [0.3, 0.4) is 0 Å². The molecule has 1 unspecified atom stereocenters. The topological polar surface area (TPSA) is 113 Å². The molecule has 1 rings (SSSR count). The maximum Gasteiger partial charge on any atom is 0.307 e. The van der Waals surface area contributed by atoms with E-state index in [0.29, 0.717) is 12.8 Å². The molecule has 3 N–H and O–H groups in total. The zero-order valence-corrected chi connectivity index (χ0v) is 12.6. The summed E-state index contributed by atoms with van der Waals surface area (Å²) in [4.78, 5) is 23.2. The Morgan fingerprint density at radius 1 is 1.20 bits per heavy atom. The van der Waals surface area contributed by atoms with Crippen molar-refractivity contribution in [2.45, 2.75) is 26.2 Å². The zero-order valence-electron chi connectivity index (χ0n) is 11.8. The molecule has 1 aliphatic carbocycles. The Hall–Kier alpha value is -1.15. The van der Waals surface area contributed by atoms with Gasteiger partial charge < -0.3 is 10.4 Å². The van der Waals surface area contributed by atoms with Gasteiger partial charge in [0.25, 0.3) is 0 Å². The first-order chi connectivity index (χ1) is 9.24. The van der Waals surface area contributed by atoms with Crippen molar-refractivity contribution in [2.75, 3.05) is 19.3 Å². The highest BCUT2D eigenvalue weighted by Gasteiger charge is 2.41. The second-order valence-corrected chi connectivity index (χ2v) is 7.09. The highest BCUT2D eigenvalue weighted by atomic mass is 32.2. The predicted octanol–water partition coefficient (Wildman–Crippen LogP) is -0.211. The van der Waals surface area contributed by atoms with Crippen molar-refractivity contribution in [2.24, 2.45) is 17.8 Å². The van der Waals surface area contributed by atoms with Crippen LogP contribution in [0.1, 0.15) is 26.2 Å². The molecule has 1 aliphatic rings. The number of rotatable bonds is 7. The van der Waals surface area contributed by atoms with E-state index >= 15 is 0 Å². The minimum Gasteiger partial charge on any atom is -0.481 e. The Kier molecular flexibility index (Phi) is 5.94. The standard InChI is InChI=1S/C12H22N2O5S/c1-3-8-6-9(10(7-8)12(16)17)11(15)13-4-5-14-20(2,18)19/h8-10,14H,3-7H2,1-2H3,(H,13,15)(H,16,17)/t8?,9-,10+/m0/s1. The van der Waals surface area contributed by atoms with E-state index in [9.17, 15) is 18.0 Å². The summed E-state index contributed by atoms with van der Waals surface area (Å²) in [7, 11) is -3.27. The predicted molar refractivity (Wildman–Crippen MR) is 73.5 cm³/mol. The Balaban J connectivity index is 2.47. The van der Waals surface area contributed by atoms with E-state index in [2.05, 4.69) is 10.0 Å². The number of sulfonamides is 1. The zero-order chi connectivity index (χ0) is 15.3. The fourth-order valence-corrected chi connectivity index (χ4v) is 3.07. The van der Waals surface area contributed by atoms with E-state index in [4.69, 9.17) is 5.11 Å². The normalized spacial score (nSPS) is 26.4. The summed E-state index contributed by atoms with van der Waals surface area (Å²) < 4.78 is 24.0. The molecule has 1 saturated carbocycles. The summed E-state index contributed by atoms with van der Waals surface area (Å²) in [6.45, 7) is 2.25. The van der Waals surface area contributed by atoms with Gasteiger partial charge in [0.2, 0.25) is 15.9 Å². The number of carbonyl (C=O) groups excluding carboxylic acids is 1. The molecule has 116 valence electrons. The molecule has 0 aromatic heterocycles. The molecule has 1 amide bonds. The third-order valence-electron chi connectivity index (χ3n) is 3.68. The summed E-state index contributed by atoms with van der Waals surface area (Å²) >= 11 is 0. The molecule has 0 heterocycles. The van der Waals surface area contributed by atoms with Gasteiger partial charge in [-0.3, -0.25) is 9.59 Å². The van der Waals surface area contributed by atoms with E-state index in [1.807, 2.05) is 6.92 Å². The maximum absolute atomic E-state index is 12.0. The van der Waals surface area contributed by atoms with E-state index in [1.54, 1.807) is 0 Å². The molecule has 0 saturated heterocycles. The second kappa shape index (κ2) is 7.03. The number of aliphatic carboxylic acids is 1. The molecule has 0 aliphatic heterocycles. The van der Waals surface area contributed by atoms with E-state index < -0.39 is 27.8 Å². The molecule has 20 heavy (non-hydrogen) atoms. The highest BCUT2D eigenvalue weighted by Crippen LogP contribution is 2.38. The van der Waals surface area contributed by atoms with Gasteiger partial charge in [-0.05, 0) is 18.8 Å². The quantitative estimate of drug-likeness (QED) is 0.563. The van der Waals surface area contributed by atoms with Crippen molar-refractivity contribution in [3.8, 4) is 0 Å². The minimum atomic E-state index is -3.27. The van der Waals surface area contributed by atoms with E-state index in [-0.39, 0.29) is 24.9 Å². The number of hydrogen-bond acceptors (Lipinski definition) is 4. The number of amides is 1. The molecule has 0 aromatic carbocycles. The number of hydrogen-bond donors (Lipinski definition) is 3. The lowest BCUT2D eigenvalue weighted by Crippen LogP contribution is -2.39. The van der Waals surface area contributed by atoms with Crippen molar-refractivity contribution in [3.63, 3.8) is 0 Å². The summed E-state index contributed by atoms with van der Waals surface area (Å²) in [6.07, 6.45) is 3.02. The van der Waals surface area contributed by atoms with Crippen molar-refractivity contribution in [3.05, 3.63) is 0 Å². The summed E-state index contributed by atoms with van der Waals surface area (Å²) in [5, 5.41) is 11.7. The van der Waals surface area contributed by atoms with E-state index in [0.717, 1.165) is 12.7 Å². The lowest BCUT2D eigenvalue weighted by atomic mass is 9.95. The molecular formula is C12H22N2O5S. The molecule has 0 aromatic rings. The number of carboxylic acid groups (broad SMARTS) is 1. The van der Waals surface area contributed by atoms with Gasteiger partial charge in [-0.25, -0.2) is 13.1 Å². The molecule has 1 fully saturated rings. The Labute approximate surface area is 119 Å². The first kappa shape index (κ1) is 16.9. The SMILES string of the molecule is CCC1C[C@H](C(=O)NCCNS(C)(=O)=O)[C@H](C(=O)O)C1. The van der Waals surface area contributed by atoms with Crippen molar-refractivity contribution in [1.82, 2.24) is 10.0 Å². The van der Waals surface area contributed by atoms with Crippen molar-refractivity contribution >= 4 is 21.9 Å². The van der Waals surface area contributed by atoms with Gasteiger partial charge in [0, 0.05) is 13.1 Å². The summed E-state index contributed by atoms with van der Waals surface area (Å²) in [6, 6.07) is 0. The summed E-state index contributed by atoms with van der Waals surface area (Å²) in [5.74, 6) is -2.13. The molecule has 0 bridgehead atoms. The Bertz CT molecular complexity index is 462. The second-order valence-electron chi connectivity index (χ2n) is 5.25. The van der Waals surface area contributed by atoms with Gasteiger partial charge in [-0.1, -0.05) is 13.3 Å². The number of carboxylic acids is 1. The van der Waals surface area contributed by atoms with Crippen LogP contribution in [0.2, 0.25) is 0 Å². The van der Waals surface area contributed by atoms with Gasteiger partial charge in [-0.15, -0.1) is 0 Å². The lowest BCUT2D eigenvalue weighted by molar-refractivity contribution is -0.146. The monoisotopic (exact) mass is 306 g/mol. The number of nitrogens with one attached hydrogen (secondary N) is 2. The highest BCUT2D eigenvalue weighted by molar-refractivity contribution is 7.88. The van der Waals surface area contributed by atoms with Crippen LogP contribution in [0.4, 0.5) is 0 Å². The van der Waals surface area contributed by atoms with Gasteiger partial charge >= 0.3 is 5.97 Å². The van der Waals surface area contributed by atoms with Gasteiger partial charge in [0.15, 0.2) is 0 Å². The van der Waals surface area contributed by atoms with Crippen LogP contribution in [0.25, 0.3) is 0 Å². The van der Waals surface area contributed by atoms with Gasteiger partial charge in [-0.2, -0.15) is 0 Å². The first-order valence-corrected chi connectivity index (χ1v) is 8.59. The van der Waals surface area contributed by atoms with Crippen molar-refractivity contribution < 1.29 is 23.1 Å². The number of carbonyl (C=O) groups is 2. The Morgan fingerprint density at radius 3 is 2.30 bits per heavy atom. The fourth-order valence-electron chi connectivity index (χ4n) is 2.59. The fraction of sp³-hybridized carbons (Fsp3) is 0.833. The van der Waals surface area contributed by atoms with Crippen LogP contribution in [-0.4, -0.2) is 44.7 Å². The lowest BCUT2D eigenvalue weighted by Gasteiger charge is -2.15. The van der Waals surface area contributed by atoms with Crippen molar-refractivity contribution in [1.29, 1.82) is 0 Å². The minimum absolute atomic E-state index is 0.103. The maximum atomic E-state index is 12.0. The molecule has 3 atom stereocenters. The van der Waals surface area contributed by atoms with Gasteiger partial charge in [0.1, 0.15) is 0 Å². The smallest absolute Gasteiger partial charge is 0.307 e. The van der Waals surface area contributed by atoms with Gasteiger partial charge in [0.05, 0.1) is 18.1 Å². The first-order valence-electron chi connectivity index (χ1n) is 6.69. The van der Waals surface area contributed by atoms with Crippen LogP contribution in [0.5, 0.6) is 0 Å². The van der Waals surface area contributed by atoms with Crippen LogP contribution in [0.15, 0.2) is 0 Å².